The zero-order valence-electron chi connectivity index (χ0n) is 14.1. The SMILES string of the molecule is CC(C)CCCCCCCOCCC(N)(CCO)CCO. The maximum Gasteiger partial charge on any atom is 0.0483 e. The average molecular weight is 303 g/mol. The van der Waals surface area contributed by atoms with Crippen LogP contribution in [0.3, 0.4) is 0 Å². The number of aliphatic hydroxyl groups excluding tert-OH is 2. The molecule has 0 atom stereocenters. The fraction of sp³-hybridized carbons (Fsp3) is 1.00. The number of nitrogens with two attached hydrogens (primary N) is 1. The Balaban J connectivity index is 3.41. The topological polar surface area (TPSA) is 75.7 Å². The number of unbranched alkanes of at least 4 members (excludes halogenated alkanes) is 4. The zero-order valence-corrected chi connectivity index (χ0v) is 14.1. The van der Waals surface area contributed by atoms with E-state index in [0.29, 0.717) is 25.9 Å². The number of aliphatic hydroxyl groups is 2. The van der Waals surface area contributed by atoms with Gasteiger partial charge in [0.2, 0.25) is 0 Å². The van der Waals surface area contributed by atoms with Crippen molar-refractivity contribution < 1.29 is 14.9 Å². The van der Waals surface area contributed by atoms with Crippen LogP contribution in [0, 0.1) is 5.92 Å². The number of ether oxygens (including phenoxy) is 1. The largest absolute Gasteiger partial charge is 0.396 e. The van der Waals surface area contributed by atoms with Gasteiger partial charge in [-0.1, -0.05) is 46.0 Å². The number of rotatable bonds is 15. The smallest absolute Gasteiger partial charge is 0.0483 e. The second kappa shape index (κ2) is 13.5. The van der Waals surface area contributed by atoms with Crippen LogP contribution in [0.25, 0.3) is 0 Å². The lowest BCUT2D eigenvalue weighted by Crippen LogP contribution is -2.42. The average Bonchev–Trinajstić information content (AvgIpc) is 2.41. The Morgan fingerprint density at radius 2 is 1.43 bits per heavy atom. The molecule has 0 aromatic carbocycles. The predicted octanol–water partition coefficient (Wildman–Crippen LogP) is 2.85. The van der Waals surface area contributed by atoms with E-state index in [9.17, 15) is 0 Å². The highest BCUT2D eigenvalue weighted by atomic mass is 16.5. The van der Waals surface area contributed by atoms with Gasteiger partial charge in [0.15, 0.2) is 0 Å². The fourth-order valence-corrected chi connectivity index (χ4v) is 2.48. The third-order valence-electron chi connectivity index (χ3n) is 4.03. The molecule has 4 nitrogen and oxygen atoms in total. The Bertz CT molecular complexity index is 216. The summed E-state index contributed by atoms with van der Waals surface area (Å²) in [6, 6.07) is 0. The Morgan fingerprint density at radius 3 is 2.00 bits per heavy atom. The van der Waals surface area contributed by atoms with Crippen LogP contribution in [-0.2, 0) is 4.74 Å². The molecule has 0 radical (unpaired) electrons. The molecule has 21 heavy (non-hydrogen) atoms. The molecular weight excluding hydrogens is 266 g/mol. The standard InChI is InChI=1S/C17H37NO3/c1-16(2)8-6-4-3-5-7-14-21-15-11-17(18,9-12-19)10-13-20/h16,19-20H,3-15,18H2,1-2H3. The Kier molecular flexibility index (Phi) is 13.4. The van der Waals surface area contributed by atoms with E-state index in [1.807, 2.05) is 0 Å². The van der Waals surface area contributed by atoms with Crippen molar-refractivity contribution in [2.45, 2.75) is 77.2 Å². The van der Waals surface area contributed by atoms with Gasteiger partial charge in [-0.3, -0.25) is 0 Å². The molecule has 0 saturated carbocycles. The van der Waals surface area contributed by atoms with E-state index in [4.69, 9.17) is 20.7 Å². The molecule has 0 aliphatic rings. The van der Waals surface area contributed by atoms with E-state index in [-0.39, 0.29) is 13.2 Å². The third-order valence-corrected chi connectivity index (χ3v) is 4.03. The van der Waals surface area contributed by atoms with Gasteiger partial charge in [-0.2, -0.15) is 0 Å². The monoisotopic (exact) mass is 303 g/mol. The normalized spacial score (nSPS) is 12.3. The maximum atomic E-state index is 9.00. The first-order valence-corrected chi connectivity index (χ1v) is 8.62. The van der Waals surface area contributed by atoms with Crippen molar-refractivity contribution in [3.63, 3.8) is 0 Å². The molecule has 4 heteroatoms. The van der Waals surface area contributed by atoms with Crippen LogP contribution in [0.5, 0.6) is 0 Å². The van der Waals surface area contributed by atoms with Gasteiger partial charge in [0.1, 0.15) is 0 Å². The summed E-state index contributed by atoms with van der Waals surface area (Å²) >= 11 is 0. The Morgan fingerprint density at radius 1 is 0.857 bits per heavy atom. The summed E-state index contributed by atoms with van der Waals surface area (Å²) in [5.41, 5.74) is 5.65. The van der Waals surface area contributed by atoms with E-state index < -0.39 is 5.54 Å². The van der Waals surface area contributed by atoms with E-state index in [1.54, 1.807) is 0 Å². The molecule has 0 unspecified atom stereocenters. The molecule has 0 fully saturated rings. The highest BCUT2D eigenvalue weighted by Crippen LogP contribution is 2.16. The van der Waals surface area contributed by atoms with Crippen molar-refractivity contribution >= 4 is 0 Å². The zero-order chi connectivity index (χ0) is 16.0. The van der Waals surface area contributed by atoms with Crippen LogP contribution in [-0.4, -0.2) is 42.2 Å². The minimum absolute atomic E-state index is 0.0624. The minimum atomic E-state index is -0.486. The minimum Gasteiger partial charge on any atom is -0.396 e. The second-order valence-corrected chi connectivity index (χ2v) is 6.62. The lowest BCUT2D eigenvalue weighted by Gasteiger charge is -2.28. The van der Waals surface area contributed by atoms with Crippen LogP contribution in [0.15, 0.2) is 0 Å². The van der Waals surface area contributed by atoms with E-state index in [1.165, 1.54) is 32.1 Å². The summed E-state index contributed by atoms with van der Waals surface area (Å²) in [5.74, 6) is 0.822. The second-order valence-electron chi connectivity index (χ2n) is 6.62. The molecule has 0 heterocycles. The molecule has 0 aliphatic heterocycles. The molecule has 128 valence electrons. The summed E-state index contributed by atoms with van der Waals surface area (Å²) in [7, 11) is 0. The summed E-state index contributed by atoms with van der Waals surface area (Å²) in [4.78, 5) is 0. The van der Waals surface area contributed by atoms with E-state index >= 15 is 0 Å². The third kappa shape index (κ3) is 13.2. The molecule has 0 aliphatic carbocycles. The van der Waals surface area contributed by atoms with Gasteiger partial charge in [0.05, 0.1) is 0 Å². The van der Waals surface area contributed by atoms with Crippen molar-refractivity contribution in [1.29, 1.82) is 0 Å². The lowest BCUT2D eigenvalue weighted by atomic mass is 9.90. The molecule has 0 saturated heterocycles. The molecular formula is C17H37NO3. The molecule has 0 aromatic rings. The highest BCUT2D eigenvalue weighted by molar-refractivity contribution is 4.83. The quantitative estimate of drug-likeness (QED) is 0.407. The van der Waals surface area contributed by atoms with Crippen LogP contribution in [0.4, 0.5) is 0 Å². The van der Waals surface area contributed by atoms with Gasteiger partial charge < -0.3 is 20.7 Å². The van der Waals surface area contributed by atoms with Gasteiger partial charge in [0.25, 0.3) is 0 Å². The molecule has 4 N–H and O–H groups in total. The van der Waals surface area contributed by atoms with Crippen molar-refractivity contribution in [2.24, 2.45) is 11.7 Å². The van der Waals surface area contributed by atoms with Gasteiger partial charge in [0, 0.05) is 32.0 Å². The van der Waals surface area contributed by atoms with Crippen LogP contribution in [0.1, 0.15) is 71.6 Å². The van der Waals surface area contributed by atoms with Crippen molar-refractivity contribution in [1.82, 2.24) is 0 Å². The van der Waals surface area contributed by atoms with Gasteiger partial charge >= 0.3 is 0 Å². The maximum absolute atomic E-state index is 9.00. The van der Waals surface area contributed by atoms with E-state index in [2.05, 4.69) is 13.8 Å². The summed E-state index contributed by atoms with van der Waals surface area (Å²) < 4.78 is 5.62. The molecule has 0 amide bonds. The van der Waals surface area contributed by atoms with Crippen LogP contribution >= 0.6 is 0 Å². The molecule has 0 bridgehead atoms. The van der Waals surface area contributed by atoms with Crippen molar-refractivity contribution in [2.75, 3.05) is 26.4 Å². The fourth-order valence-electron chi connectivity index (χ4n) is 2.48. The van der Waals surface area contributed by atoms with Gasteiger partial charge in [-0.15, -0.1) is 0 Å². The van der Waals surface area contributed by atoms with Gasteiger partial charge in [-0.25, -0.2) is 0 Å². The summed E-state index contributed by atoms with van der Waals surface area (Å²) in [5, 5.41) is 18.0. The highest BCUT2D eigenvalue weighted by Gasteiger charge is 2.23. The lowest BCUT2D eigenvalue weighted by molar-refractivity contribution is 0.0953. The summed E-state index contributed by atoms with van der Waals surface area (Å²) in [6.07, 6.45) is 9.39. The molecule has 0 spiro atoms. The first-order valence-electron chi connectivity index (χ1n) is 8.62. The van der Waals surface area contributed by atoms with Crippen molar-refractivity contribution in [3.05, 3.63) is 0 Å². The Hall–Kier alpha value is -0.160. The molecule has 0 aromatic heterocycles. The van der Waals surface area contributed by atoms with E-state index in [0.717, 1.165) is 18.9 Å². The number of hydrogen-bond donors (Lipinski definition) is 3. The predicted molar refractivity (Wildman–Crippen MR) is 88.3 cm³/mol. The van der Waals surface area contributed by atoms with Crippen LogP contribution in [0.2, 0.25) is 0 Å². The van der Waals surface area contributed by atoms with Crippen LogP contribution < -0.4 is 5.73 Å². The molecule has 0 rings (SSSR count). The van der Waals surface area contributed by atoms with Gasteiger partial charge in [-0.05, 0) is 31.6 Å². The summed E-state index contributed by atoms with van der Waals surface area (Å²) in [6.45, 7) is 6.08. The van der Waals surface area contributed by atoms with Crippen molar-refractivity contribution in [3.8, 4) is 0 Å². The number of hydrogen-bond acceptors (Lipinski definition) is 4. The first kappa shape index (κ1) is 20.8. The Labute approximate surface area is 131 Å². The first-order chi connectivity index (χ1) is 10.0.